The molecule has 1 aromatic heterocycles. The van der Waals surface area contributed by atoms with Crippen LogP contribution in [0.25, 0.3) is 0 Å². The third-order valence-electron chi connectivity index (χ3n) is 3.84. The van der Waals surface area contributed by atoms with E-state index in [4.69, 9.17) is 11.6 Å². The predicted molar refractivity (Wildman–Crippen MR) is 76.3 cm³/mol. The van der Waals surface area contributed by atoms with Crippen molar-refractivity contribution in [2.75, 3.05) is 0 Å². The zero-order valence-electron chi connectivity index (χ0n) is 10.6. The van der Waals surface area contributed by atoms with Crippen LogP contribution in [0.2, 0.25) is 5.02 Å². The lowest BCUT2D eigenvalue weighted by Crippen LogP contribution is -2.18. The quantitative estimate of drug-likeness (QED) is 0.900. The lowest BCUT2D eigenvalue weighted by atomic mass is 9.81. The summed E-state index contributed by atoms with van der Waals surface area (Å²) in [5.41, 5.74) is 3.08. The van der Waals surface area contributed by atoms with Gasteiger partial charge in [-0.25, -0.2) is 0 Å². The number of aliphatic hydroxyl groups is 1. The number of hydrogen-bond acceptors (Lipinski definition) is 2. The number of rotatable bonds is 2. The maximum atomic E-state index is 10.6. The van der Waals surface area contributed by atoms with Crippen LogP contribution in [0.1, 0.15) is 41.7 Å². The summed E-state index contributed by atoms with van der Waals surface area (Å²) in [6.07, 6.45) is 4.31. The van der Waals surface area contributed by atoms with E-state index in [1.165, 1.54) is 5.56 Å². The number of fused-ring (bicyclic) bond motifs is 1. The van der Waals surface area contributed by atoms with Crippen LogP contribution >= 0.6 is 11.6 Å². The predicted octanol–water partition coefficient (Wildman–Crippen LogP) is 3.89. The molecule has 0 spiro atoms. The van der Waals surface area contributed by atoms with Crippen LogP contribution < -0.4 is 0 Å². The summed E-state index contributed by atoms with van der Waals surface area (Å²) in [7, 11) is 0. The first-order valence-electron chi connectivity index (χ1n) is 6.63. The number of halogens is 1. The van der Waals surface area contributed by atoms with E-state index in [1.54, 1.807) is 6.20 Å². The van der Waals surface area contributed by atoms with Gasteiger partial charge in [-0.15, -0.1) is 0 Å². The van der Waals surface area contributed by atoms with Crippen LogP contribution in [0, 0.1) is 0 Å². The van der Waals surface area contributed by atoms with Crippen molar-refractivity contribution >= 4 is 11.6 Å². The van der Waals surface area contributed by atoms with Gasteiger partial charge in [0.1, 0.15) is 0 Å². The second-order valence-corrected chi connectivity index (χ2v) is 5.42. The number of pyridine rings is 1. The van der Waals surface area contributed by atoms with Gasteiger partial charge in [0.2, 0.25) is 0 Å². The molecule has 0 fully saturated rings. The first-order chi connectivity index (χ1) is 9.27. The van der Waals surface area contributed by atoms with Gasteiger partial charge >= 0.3 is 0 Å². The molecule has 0 amide bonds. The van der Waals surface area contributed by atoms with Crippen LogP contribution in [0.5, 0.6) is 0 Å². The molecule has 3 rings (SSSR count). The molecule has 2 unspecified atom stereocenters. The van der Waals surface area contributed by atoms with Crippen LogP contribution in [-0.2, 0) is 6.42 Å². The van der Waals surface area contributed by atoms with E-state index in [0.717, 1.165) is 30.5 Å². The minimum Gasteiger partial charge on any atom is -0.388 e. The number of benzene rings is 1. The molecule has 2 atom stereocenters. The molecule has 1 aromatic carbocycles. The Morgan fingerprint density at radius 3 is 2.89 bits per heavy atom. The highest BCUT2D eigenvalue weighted by Gasteiger charge is 2.29. The Hall–Kier alpha value is -1.38. The van der Waals surface area contributed by atoms with Gasteiger partial charge in [0.05, 0.1) is 6.10 Å². The van der Waals surface area contributed by atoms with Gasteiger partial charge in [0, 0.05) is 22.8 Å². The minimum absolute atomic E-state index is 0.0462. The Labute approximate surface area is 118 Å². The molecule has 0 aliphatic heterocycles. The van der Waals surface area contributed by atoms with Crippen LogP contribution in [0.4, 0.5) is 0 Å². The summed E-state index contributed by atoms with van der Waals surface area (Å²) in [4.78, 5) is 4.47. The van der Waals surface area contributed by atoms with Gasteiger partial charge < -0.3 is 5.11 Å². The fraction of sp³-hybridized carbons (Fsp3) is 0.312. The SMILES string of the molecule is OC(c1ccccc1Cl)C1CCCc2cccnc21. The lowest BCUT2D eigenvalue weighted by molar-refractivity contribution is 0.134. The number of aromatic nitrogens is 1. The van der Waals surface area contributed by atoms with E-state index < -0.39 is 6.10 Å². The number of aryl methyl sites for hydroxylation is 1. The molecule has 3 heteroatoms. The molecule has 0 radical (unpaired) electrons. The summed E-state index contributed by atoms with van der Waals surface area (Å²) < 4.78 is 0. The number of aliphatic hydroxyl groups excluding tert-OH is 1. The Bertz CT molecular complexity index is 584. The monoisotopic (exact) mass is 273 g/mol. The van der Waals surface area contributed by atoms with Crippen LogP contribution in [0.3, 0.4) is 0 Å². The molecular weight excluding hydrogens is 258 g/mol. The molecule has 0 bridgehead atoms. The normalized spacial score (nSPS) is 19.8. The smallest absolute Gasteiger partial charge is 0.0888 e. The van der Waals surface area contributed by atoms with E-state index >= 15 is 0 Å². The fourth-order valence-corrected chi connectivity index (χ4v) is 3.13. The zero-order valence-corrected chi connectivity index (χ0v) is 11.3. The highest BCUT2D eigenvalue weighted by Crippen LogP contribution is 2.40. The molecule has 1 aliphatic rings. The van der Waals surface area contributed by atoms with E-state index in [9.17, 15) is 5.11 Å². The highest BCUT2D eigenvalue weighted by molar-refractivity contribution is 6.31. The topological polar surface area (TPSA) is 33.1 Å². The van der Waals surface area contributed by atoms with E-state index in [1.807, 2.05) is 30.3 Å². The summed E-state index contributed by atoms with van der Waals surface area (Å²) in [5.74, 6) is 0.0462. The Morgan fingerprint density at radius 2 is 2.05 bits per heavy atom. The van der Waals surface area contributed by atoms with Gasteiger partial charge in [-0.05, 0) is 42.5 Å². The highest BCUT2D eigenvalue weighted by atomic mass is 35.5. The number of hydrogen-bond donors (Lipinski definition) is 1. The Kier molecular flexibility index (Phi) is 3.54. The van der Waals surface area contributed by atoms with Gasteiger partial charge in [0.25, 0.3) is 0 Å². The minimum atomic E-state index is -0.581. The molecule has 98 valence electrons. The second-order valence-electron chi connectivity index (χ2n) is 5.01. The fourth-order valence-electron chi connectivity index (χ4n) is 2.88. The largest absolute Gasteiger partial charge is 0.388 e. The third-order valence-corrected chi connectivity index (χ3v) is 4.19. The van der Waals surface area contributed by atoms with Crippen LogP contribution in [-0.4, -0.2) is 10.1 Å². The van der Waals surface area contributed by atoms with Crippen molar-refractivity contribution in [1.82, 2.24) is 4.98 Å². The average molecular weight is 274 g/mol. The average Bonchev–Trinajstić information content (AvgIpc) is 2.46. The molecule has 2 nitrogen and oxygen atoms in total. The summed E-state index contributed by atoms with van der Waals surface area (Å²) in [6.45, 7) is 0. The molecule has 1 aliphatic carbocycles. The first kappa shape index (κ1) is 12.6. The van der Waals surface area contributed by atoms with E-state index in [-0.39, 0.29) is 5.92 Å². The first-order valence-corrected chi connectivity index (χ1v) is 7.01. The number of nitrogens with zero attached hydrogens (tertiary/aromatic N) is 1. The summed E-state index contributed by atoms with van der Waals surface area (Å²) in [5, 5.41) is 11.3. The van der Waals surface area contributed by atoms with Crippen LogP contribution in [0.15, 0.2) is 42.6 Å². The maximum absolute atomic E-state index is 10.6. The van der Waals surface area contributed by atoms with Crippen molar-refractivity contribution in [3.05, 3.63) is 64.4 Å². The molecule has 0 saturated carbocycles. The second kappa shape index (κ2) is 5.32. The summed E-state index contributed by atoms with van der Waals surface area (Å²) >= 11 is 6.19. The van der Waals surface area contributed by atoms with Gasteiger partial charge in [-0.2, -0.15) is 0 Å². The molecule has 1 N–H and O–H groups in total. The van der Waals surface area contributed by atoms with Crippen molar-refractivity contribution in [2.24, 2.45) is 0 Å². The zero-order chi connectivity index (χ0) is 13.2. The van der Waals surface area contributed by atoms with Crippen molar-refractivity contribution in [1.29, 1.82) is 0 Å². The molecule has 19 heavy (non-hydrogen) atoms. The Balaban J connectivity index is 1.98. The van der Waals surface area contributed by atoms with Gasteiger partial charge in [0.15, 0.2) is 0 Å². The Morgan fingerprint density at radius 1 is 1.21 bits per heavy atom. The molecule has 0 saturated heterocycles. The van der Waals surface area contributed by atoms with E-state index in [2.05, 4.69) is 11.1 Å². The summed E-state index contributed by atoms with van der Waals surface area (Å²) in [6, 6.07) is 11.6. The molecule has 2 aromatic rings. The lowest BCUT2D eigenvalue weighted by Gasteiger charge is -2.28. The van der Waals surface area contributed by atoms with Crippen molar-refractivity contribution in [3.8, 4) is 0 Å². The molecule has 1 heterocycles. The van der Waals surface area contributed by atoms with Crippen molar-refractivity contribution < 1.29 is 5.11 Å². The van der Waals surface area contributed by atoms with Crippen molar-refractivity contribution in [2.45, 2.75) is 31.3 Å². The third kappa shape index (κ3) is 2.38. The van der Waals surface area contributed by atoms with Gasteiger partial charge in [-0.1, -0.05) is 35.9 Å². The maximum Gasteiger partial charge on any atom is 0.0888 e. The standard InChI is InChI=1S/C16H16ClNO/c17-14-9-2-1-7-12(14)16(19)13-8-3-5-11-6-4-10-18-15(11)13/h1-2,4,6-7,9-10,13,16,19H,3,5,8H2. The molecular formula is C16H16ClNO. The van der Waals surface area contributed by atoms with E-state index in [0.29, 0.717) is 5.02 Å². The van der Waals surface area contributed by atoms with Crippen molar-refractivity contribution in [3.63, 3.8) is 0 Å². The van der Waals surface area contributed by atoms with Gasteiger partial charge in [-0.3, -0.25) is 4.98 Å².